The van der Waals surface area contributed by atoms with Crippen LogP contribution in [0.1, 0.15) is 49.1 Å². The summed E-state index contributed by atoms with van der Waals surface area (Å²) in [6.45, 7) is 12.8. The second-order valence-corrected chi connectivity index (χ2v) is 8.40. The van der Waals surface area contributed by atoms with Gasteiger partial charge in [0.05, 0.1) is 6.26 Å². The first-order valence-electron chi connectivity index (χ1n) is 7.21. The highest BCUT2D eigenvalue weighted by molar-refractivity contribution is 7.88. The molecule has 0 aromatic heterocycles. The number of rotatable bonds is 6. The summed E-state index contributed by atoms with van der Waals surface area (Å²) in [5.74, 6) is 0. The molecule has 0 aliphatic heterocycles. The number of hydrogen-bond donors (Lipinski definition) is 2. The molecule has 0 radical (unpaired) electrons. The van der Waals surface area contributed by atoms with E-state index in [9.17, 15) is 8.42 Å². The van der Waals surface area contributed by atoms with Crippen LogP contribution in [0.2, 0.25) is 0 Å². The van der Waals surface area contributed by atoms with E-state index in [0.29, 0.717) is 6.54 Å². The first kappa shape index (κ1) is 18.1. The monoisotopic (exact) mass is 312 g/mol. The molecule has 0 bridgehead atoms. The molecule has 0 saturated heterocycles. The minimum atomic E-state index is -3.20. The average molecular weight is 312 g/mol. The van der Waals surface area contributed by atoms with Crippen molar-refractivity contribution in [2.24, 2.45) is 0 Å². The van der Waals surface area contributed by atoms with Crippen LogP contribution in [0.5, 0.6) is 0 Å². The molecule has 4 nitrogen and oxygen atoms in total. The number of sulfonamides is 1. The van der Waals surface area contributed by atoms with E-state index >= 15 is 0 Å². The van der Waals surface area contributed by atoms with Crippen LogP contribution in [-0.4, -0.2) is 26.8 Å². The maximum Gasteiger partial charge on any atom is 0.209 e. The van der Waals surface area contributed by atoms with Gasteiger partial charge in [-0.15, -0.1) is 0 Å². The molecule has 1 aromatic carbocycles. The Kier molecular flexibility index (Phi) is 5.58. The molecule has 2 N–H and O–H groups in total. The Bertz CT molecular complexity index is 607. The third kappa shape index (κ3) is 5.77. The predicted octanol–water partition coefficient (Wildman–Crippen LogP) is 2.59. The van der Waals surface area contributed by atoms with Crippen molar-refractivity contribution in [2.45, 2.75) is 53.1 Å². The summed E-state index contributed by atoms with van der Waals surface area (Å²) in [5, 5.41) is 3.42. The molecule has 1 aromatic rings. The molecule has 1 rings (SSSR count). The summed E-state index contributed by atoms with van der Waals surface area (Å²) >= 11 is 0. The van der Waals surface area contributed by atoms with E-state index < -0.39 is 15.6 Å². The Morgan fingerprint density at radius 1 is 1.10 bits per heavy atom. The lowest BCUT2D eigenvalue weighted by molar-refractivity contribution is 0.398. The van der Waals surface area contributed by atoms with Crippen molar-refractivity contribution in [3.8, 4) is 0 Å². The molecule has 1 atom stereocenters. The fraction of sp³-hybridized carbons (Fsp3) is 0.625. The third-order valence-electron chi connectivity index (χ3n) is 3.66. The lowest BCUT2D eigenvalue weighted by Crippen LogP contribution is -2.50. The molecule has 120 valence electrons. The lowest BCUT2D eigenvalue weighted by atomic mass is 9.96. The Morgan fingerprint density at radius 2 is 1.62 bits per heavy atom. The fourth-order valence-electron chi connectivity index (χ4n) is 2.51. The molecule has 0 aliphatic carbocycles. The summed E-state index contributed by atoms with van der Waals surface area (Å²) in [4.78, 5) is 0. The average Bonchev–Trinajstić information content (AvgIpc) is 2.28. The fourth-order valence-corrected chi connectivity index (χ4v) is 3.58. The van der Waals surface area contributed by atoms with Crippen molar-refractivity contribution in [3.63, 3.8) is 0 Å². The molecule has 5 heteroatoms. The van der Waals surface area contributed by atoms with Crippen molar-refractivity contribution < 1.29 is 8.42 Å². The van der Waals surface area contributed by atoms with Crippen LogP contribution < -0.4 is 10.0 Å². The molecule has 0 amide bonds. The summed E-state index contributed by atoms with van der Waals surface area (Å²) in [7, 11) is -3.20. The van der Waals surface area contributed by atoms with Gasteiger partial charge in [-0.2, -0.15) is 0 Å². The largest absolute Gasteiger partial charge is 0.308 e. The second kappa shape index (κ2) is 6.46. The Hall–Kier alpha value is -0.910. The Morgan fingerprint density at radius 3 is 2.14 bits per heavy atom. The van der Waals surface area contributed by atoms with E-state index in [1.54, 1.807) is 0 Å². The first-order valence-corrected chi connectivity index (χ1v) is 9.10. The van der Waals surface area contributed by atoms with Crippen LogP contribution >= 0.6 is 0 Å². The van der Waals surface area contributed by atoms with Gasteiger partial charge in [-0.25, -0.2) is 13.1 Å². The van der Waals surface area contributed by atoms with Gasteiger partial charge in [0, 0.05) is 18.1 Å². The third-order valence-corrected chi connectivity index (χ3v) is 4.58. The van der Waals surface area contributed by atoms with Crippen LogP contribution in [0.4, 0.5) is 0 Å². The van der Waals surface area contributed by atoms with Crippen LogP contribution in [0, 0.1) is 20.8 Å². The first-order chi connectivity index (χ1) is 9.41. The van der Waals surface area contributed by atoms with E-state index in [1.807, 2.05) is 13.8 Å². The van der Waals surface area contributed by atoms with Gasteiger partial charge >= 0.3 is 0 Å². The molecular weight excluding hydrogens is 284 g/mol. The van der Waals surface area contributed by atoms with Gasteiger partial charge in [0.1, 0.15) is 0 Å². The van der Waals surface area contributed by atoms with E-state index in [2.05, 4.69) is 49.9 Å². The number of benzene rings is 1. The van der Waals surface area contributed by atoms with Gasteiger partial charge in [-0.05, 0) is 63.8 Å². The van der Waals surface area contributed by atoms with Gasteiger partial charge in [0.15, 0.2) is 0 Å². The van der Waals surface area contributed by atoms with E-state index in [0.717, 1.165) is 0 Å². The maximum absolute atomic E-state index is 11.4. The minimum absolute atomic E-state index is 0.171. The van der Waals surface area contributed by atoms with E-state index in [-0.39, 0.29) is 6.04 Å². The Labute approximate surface area is 129 Å². The Balaban J connectivity index is 2.78. The quantitative estimate of drug-likeness (QED) is 0.849. The lowest BCUT2D eigenvalue weighted by Gasteiger charge is -2.28. The predicted molar refractivity (Wildman–Crippen MR) is 89.1 cm³/mol. The van der Waals surface area contributed by atoms with Crippen molar-refractivity contribution in [1.29, 1.82) is 0 Å². The second-order valence-electron chi connectivity index (χ2n) is 6.65. The topological polar surface area (TPSA) is 58.2 Å². The van der Waals surface area contributed by atoms with Gasteiger partial charge in [0.25, 0.3) is 0 Å². The molecule has 0 spiro atoms. The summed E-state index contributed by atoms with van der Waals surface area (Å²) in [6.07, 6.45) is 1.19. The zero-order chi connectivity index (χ0) is 16.4. The molecule has 0 aliphatic rings. The number of aryl methyl sites for hydroxylation is 3. The molecule has 0 fully saturated rings. The summed E-state index contributed by atoms with van der Waals surface area (Å²) in [5.41, 5.74) is 4.57. The summed E-state index contributed by atoms with van der Waals surface area (Å²) < 4.78 is 25.4. The van der Waals surface area contributed by atoms with E-state index in [4.69, 9.17) is 0 Å². The molecule has 1 unspecified atom stereocenters. The SMILES string of the molecule is Cc1cc(C)c(C(C)NCC(C)(C)NS(C)(=O)=O)cc1C. The molecule has 0 saturated carbocycles. The van der Waals surface area contributed by atoms with Crippen molar-refractivity contribution in [2.75, 3.05) is 12.8 Å². The van der Waals surface area contributed by atoms with Gasteiger partial charge in [0.2, 0.25) is 10.0 Å². The number of hydrogen-bond acceptors (Lipinski definition) is 3. The molecular formula is C16H28N2O2S. The van der Waals surface area contributed by atoms with Crippen molar-refractivity contribution in [1.82, 2.24) is 10.0 Å². The highest BCUT2D eigenvalue weighted by Crippen LogP contribution is 2.22. The normalized spacial score (nSPS) is 14.2. The van der Waals surface area contributed by atoms with Gasteiger partial charge in [-0.1, -0.05) is 12.1 Å². The molecule has 21 heavy (non-hydrogen) atoms. The van der Waals surface area contributed by atoms with Crippen molar-refractivity contribution in [3.05, 3.63) is 34.4 Å². The van der Waals surface area contributed by atoms with Crippen molar-refractivity contribution >= 4 is 10.0 Å². The smallest absolute Gasteiger partial charge is 0.209 e. The number of nitrogens with one attached hydrogen (secondary N) is 2. The van der Waals surface area contributed by atoms with Crippen LogP contribution in [0.3, 0.4) is 0 Å². The van der Waals surface area contributed by atoms with Crippen LogP contribution in [-0.2, 0) is 10.0 Å². The summed E-state index contributed by atoms with van der Waals surface area (Å²) in [6, 6.07) is 4.58. The zero-order valence-corrected chi connectivity index (χ0v) is 15.0. The van der Waals surface area contributed by atoms with E-state index in [1.165, 1.54) is 28.5 Å². The molecule has 0 heterocycles. The highest BCUT2D eigenvalue weighted by Gasteiger charge is 2.23. The van der Waals surface area contributed by atoms with Gasteiger partial charge < -0.3 is 5.32 Å². The zero-order valence-electron chi connectivity index (χ0n) is 14.2. The highest BCUT2D eigenvalue weighted by atomic mass is 32.2. The van der Waals surface area contributed by atoms with Gasteiger partial charge in [-0.3, -0.25) is 0 Å². The van der Waals surface area contributed by atoms with Crippen LogP contribution in [0.25, 0.3) is 0 Å². The standard InChI is InChI=1S/C16H28N2O2S/c1-11-8-13(3)15(9-12(11)2)14(4)17-10-16(5,6)18-21(7,19)20/h8-9,14,17-18H,10H2,1-7H3. The van der Waals surface area contributed by atoms with Crippen LogP contribution in [0.15, 0.2) is 12.1 Å². The maximum atomic E-state index is 11.4. The minimum Gasteiger partial charge on any atom is -0.308 e.